The monoisotopic (exact) mass is 298 g/mol. The van der Waals surface area contributed by atoms with Crippen molar-refractivity contribution in [1.82, 2.24) is 10.0 Å². The van der Waals surface area contributed by atoms with Gasteiger partial charge in [-0.2, -0.15) is 0 Å². The van der Waals surface area contributed by atoms with Gasteiger partial charge in [0.15, 0.2) is 0 Å². The van der Waals surface area contributed by atoms with Crippen LogP contribution in [0.25, 0.3) is 0 Å². The van der Waals surface area contributed by atoms with Crippen molar-refractivity contribution < 1.29 is 13.2 Å². The first-order chi connectivity index (χ1) is 9.36. The molecule has 1 aromatic rings. The molecule has 0 heterocycles. The van der Waals surface area contributed by atoms with Gasteiger partial charge in [-0.3, -0.25) is 4.79 Å². The van der Waals surface area contributed by atoms with Crippen LogP contribution in [0.2, 0.25) is 0 Å². The number of hydrogen-bond donors (Lipinski definition) is 2. The van der Waals surface area contributed by atoms with E-state index in [9.17, 15) is 13.2 Å². The second-order valence-electron chi connectivity index (χ2n) is 4.91. The molecular weight excluding hydrogens is 276 g/mol. The lowest BCUT2D eigenvalue weighted by Crippen LogP contribution is -2.30. The van der Waals surface area contributed by atoms with E-state index in [0.29, 0.717) is 12.1 Å². The number of rotatable bonds is 7. The lowest BCUT2D eigenvalue weighted by molar-refractivity contribution is 0.0943. The fraction of sp³-hybridized carbons (Fsp3) is 0.500. The van der Waals surface area contributed by atoms with Crippen molar-refractivity contribution >= 4 is 15.9 Å². The summed E-state index contributed by atoms with van der Waals surface area (Å²) in [6, 6.07) is 6.06. The van der Waals surface area contributed by atoms with Crippen molar-refractivity contribution in [3.63, 3.8) is 0 Å². The van der Waals surface area contributed by atoms with Crippen molar-refractivity contribution in [3.05, 3.63) is 29.8 Å². The van der Waals surface area contributed by atoms with Crippen LogP contribution in [-0.4, -0.2) is 26.9 Å². The Labute approximate surface area is 120 Å². The van der Waals surface area contributed by atoms with E-state index < -0.39 is 10.0 Å². The Bertz CT molecular complexity index is 553. The molecule has 0 fully saturated rings. The molecule has 0 saturated heterocycles. The standard InChI is InChI=1S/C14H22N2O3S/c1-4-5-9-15-20(18,19)13-8-6-7-12(10-13)14(17)16-11(2)3/h6-8,10-11,15H,4-5,9H2,1-3H3,(H,16,17). The zero-order valence-electron chi connectivity index (χ0n) is 12.1. The van der Waals surface area contributed by atoms with Crippen molar-refractivity contribution in [2.75, 3.05) is 6.54 Å². The average molecular weight is 298 g/mol. The first-order valence-electron chi connectivity index (χ1n) is 6.77. The lowest BCUT2D eigenvalue weighted by atomic mass is 10.2. The lowest BCUT2D eigenvalue weighted by Gasteiger charge is -2.10. The second kappa shape index (κ2) is 7.40. The van der Waals surface area contributed by atoms with Crippen LogP contribution in [0.3, 0.4) is 0 Å². The summed E-state index contributed by atoms with van der Waals surface area (Å²) >= 11 is 0. The number of benzene rings is 1. The molecule has 0 bridgehead atoms. The number of amides is 1. The SMILES string of the molecule is CCCCNS(=O)(=O)c1cccc(C(=O)NC(C)C)c1. The molecule has 0 radical (unpaired) electrons. The number of carbonyl (C=O) groups is 1. The third-order valence-electron chi connectivity index (χ3n) is 2.65. The molecule has 0 aliphatic carbocycles. The van der Waals surface area contributed by atoms with Crippen molar-refractivity contribution in [1.29, 1.82) is 0 Å². The van der Waals surface area contributed by atoms with E-state index >= 15 is 0 Å². The molecule has 5 nitrogen and oxygen atoms in total. The van der Waals surface area contributed by atoms with Gasteiger partial charge in [-0.1, -0.05) is 19.4 Å². The quantitative estimate of drug-likeness (QED) is 0.755. The number of sulfonamides is 1. The van der Waals surface area contributed by atoms with Crippen molar-refractivity contribution in [2.24, 2.45) is 0 Å². The van der Waals surface area contributed by atoms with Crippen LogP contribution in [0, 0.1) is 0 Å². The number of carbonyl (C=O) groups excluding carboxylic acids is 1. The third kappa shape index (κ3) is 4.94. The number of nitrogens with one attached hydrogen (secondary N) is 2. The Hall–Kier alpha value is -1.40. The molecule has 0 aromatic heterocycles. The maximum Gasteiger partial charge on any atom is 0.251 e. The molecular formula is C14H22N2O3S. The minimum atomic E-state index is -3.55. The molecule has 1 amide bonds. The number of unbranched alkanes of at least 4 members (excludes halogenated alkanes) is 1. The summed E-state index contributed by atoms with van der Waals surface area (Å²) in [5, 5.41) is 2.74. The van der Waals surface area contributed by atoms with Crippen LogP contribution >= 0.6 is 0 Å². The van der Waals surface area contributed by atoms with E-state index in [4.69, 9.17) is 0 Å². The molecule has 0 aliphatic rings. The maximum atomic E-state index is 12.1. The summed E-state index contributed by atoms with van der Waals surface area (Å²) in [4.78, 5) is 12.0. The Kier molecular flexibility index (Phi) is 6.16. The average Bonchev–Trinajstić information content (AvgIpc) is 2.38. The molecule has 0 atom stereocenters. The van der Waals surface area contributed by atoms with Crippen molar-refractivity contribution in [2.45, 2.75) is 44.6 Å². The van der Waals surface area contributed by atoms with E-state index in [1.165, 1.54) is 12.1 Å². The molecule has 0 spiro atoms. The van der Waals surface area contributed by atoms with Gasteiger partial charge in [-0.15, -0.1) is 0 Å². The zero-order chi connectivity index (χ0) is 15.2. The Morgan fingerprint density at radius 1 is 1.30 bits per heavy atom. The highest BCUT2D eigenvalue weighted by Crippen LogP contribution is 2.11. The molecule has 1 rings (SSSR count). The smallest absolute Gasteiger partial charge is 0.251 e. The van der Waals surface area contributed by atoms with Crippen LogP contribution in [0.1, 0.15) is 44.0 Å². The Balaban J connectivity index is 2.89. The largest absolute Gasteiger partial charge is 0.350 e. The van der Waals surface area contributed by atoms with Gasteiger partial charge in [0.25, 0.3) is 5.91 Å². The topological polar surface area (TPSA) is 75.3 Å². The van der Waals surface area contributed by atoms with Crippen molar-refractivity contribution in [3.8, 4) is 0 Å². The van der Waals surface area contributed by atoms with Crippen LogP contribution < -0.4 is 10.0 Å². The summed E-state index contributed by atoms with van der Waals surface area (Å²) in [5.41, 5.74) is 0.345. The molecule has 6 heteroatoms. The molecule has 0 saturated carbocycles. The van der Waals surface area contributed by atoms with Gasteiger partial charge in [0.2, 0.25) is 10.0 Å². The summed E-state index contributed by atoms with van der Waals surface area (Å²) in [5.74, 6) is -0.273. The van der Waals surface area contributed by atoms with Gasteiger partial charge < -0.3 is 5.32 Å². The number of hydrogen-bond acceptors (Lipinski definition) is 3. The van der Waals surface area contributed by atoms with E-state index in [0.717, 1.165) is 12.8 Å². The third-order valence-corrected chi connectivity index (χ3v) is 4.11. The molecule has 1 aromatic carbocycles. The maximum absolute atomic E-state index is 12.1. The van der Waals surface area contributed by atoms with Gasteiger partial charge in [0.1, 0.15) is 0 Å². The van der Waals surface area contributed by atoms with Gasteiger partial charge >= 0.3 is 0 Å². The minimum absolute atomic E-state index is 0.00504. The van der Waals surface area contributed by atoms with Crippen LogP contribution in [-0.2, 0) is 10.0 Å². The van der Waals surface area contributed by atoms with Gasteiger partial charge in [0.05, 0.1) is 4.90 Å². The molecule has 20 heavy (non-hydrogen) atoms. The summed E-state index contributed by atoms with van der Waals surface area (Å²) in [6.07, 6.45) is 1.70. The molecule has 112 valence electrons. The highest BCUT2D eigenvalue weighted by Gasteiger charge is 2.15. The normalized spacial score (nSPS) is 11.6. The summed E-state index contributed by atoms with van der Waals surface area (Å²) < 4.78 is 26.6. The van der Waals surface area contributed by atoms with Crippen LogP contribution in [0.5, 0.6) is 0 Å². The zero-order valence-corrected chi connectivity index (χ0v) is 13.0. The molecule has 0 aliphatic heterocycles. The van der Waals surface area contributed by atoms with Gasteiger partial charge in [-0.05, 0) is 38.5 Å². The predicted molar refractivity (Wildman–Crippen MR) is 79.1 cm³/mol. The first-order valence-corrected chi connectivity index (χ1v) is 8.25. The van der Waals surface area contributed by atoms with E-state index in [-0.39, 0.29) is 16.8 Å². The molecule has 2 N–H and O–H groups in total. The predicted octanol–water partition coefficient (Wildman–Crippen LogP) is 1.90. The minimum Gasteiger partial charge on any atom is -0.350 e. The van der Waals surface area contributed by atoms with Crippen LogP contribution in [0.4, 0.5) is 0 Å². The van der Waals surface area contributed by atoms with Gasteiger partial charge in [0, 0.05) is 18.2 Å². The Morgan fingerprint density at radius 3 is 2.60 bits per heavy atom. The first kappa shape index (κ1) is 16.7. The van der Waals surface area contributed by atoms with Gasteiger partial charge in [-0.25, -0.2) is 13.1 Å². The summed E-state index contributed by atoms with van der Waals surface area (Å²) in [7, 11) is -3.55. The van der Waals surface area contributed by atoms with E-state index in [2.05, 4.69) is 10.0 Å². The van der Waals surface area contributed by atoms with E-state index in [1.807, 2.05) is 20.8 Å². The molecule has 0 unspecified atom stereocenters. The summed E-state index contributed by atoms with van der Waals surface area (Å²) in [6.45, 7) is 6.10. The fourth-order valence-corrected chi connectivity index (χ4v) is 2.74. The second-order valence-corrected chi connectivity index (χ2v) is 6.67. The van der Waals surface area contributed by atoms with E-state index in [1.54, 1.807) is 12.1 Å². The van der Waals surface area contributed by atoms with Crippen LogP contribution in [0.15, 0.2) is 29.2 Å². The highest BCUT2D eigenvalue weighted by atomic mass is 32.2. The highest BCUT2D eigenvalue weighted by molar-refractivity contribution is 7.89. The fourth-order valence-electron chi connectivity index (χ4n) is 1.62. The Morgan fingerprint density at radius 2 is 2.00 bits per heavy atom.